The Hall–Kier alpha value is -2.45. The van der Waals surface area contributed by atoms with Gasteiger partial charge in [-0.15, -0.1) is 0 Å². The molecule has 0 spiro atoms. The van der Waals surface area contributed by atoms with Crippen molar-refractivity contribution in [1.29, 1.82) is 0 Å². The van der Waals surface area contributed by atoms with Crippen LogP contribution in [0.1, 0.15) is 12.5 Å². The van der Waals surface area contributed by atoms with Gasteiger partial charge in [0.05, 0.1) is 4.90 Å². The van der Waals surface area contributed by atoms with E-state index in [1.165, 1.54) is 25.1 Å². The molecule has 26 heavy (non-hydrogen) atoms. The zero-order valence-electron chi connectivity index (χ0n) is 14.2. The van der Waals surface area contributed by atoms with E-state index < -0.39 is 15.8 Å². The molecule has 0 bridgehead atoms. The standard InChI is InChI=1S/C18H19FN2O4S/c1-13(22)21-10-8-14-12-15(6-7-17(14)21)26(23,24)20-9-11-25-18-5-3-2-4-16(18)19/h2-7,12,20H,8-11H2,1H3. The SMILES string of the molecule is CC(=O)N1CCc2cc(S(=O)(=O)NCCOc3ccccc3F)ccc21. The second kappa shape index (κ2) is 7.43. The molecule has 0 aromatic heterocycles. The summed E-state index contributed by atoms with van der Waals surface area (Å²) in [5, 5.41) is 0. The first-order valence-electron chi connectivity index (χ1n) is 8.16. The Morgan fingerprint density at radius 2 is 2.04 bits per heavy atom. The van der Waals surface area contributed by atoms with Crippen molar-refractivity contribution in [3.8, 4) is 5.75 Å². The van der Waals surface area contributed by atoms with Gasteiger partial charge in [-0.1, -0.05) is 12.1 Å². The monoisotopic (exact) mass is 378 g/mol. The van der Waals surface area contributed by atoms with Crippen LogP contribution in [-0.2, 0) is 21.2 Å². The third-order valence-electron chi connectivity index (χ3n) is 4.13. The van der Waals surface area contributed by atoms with Gasteiger partial charge in [-0.2, -0.15) is 0 Å². The van der Waals surface area contributed by atoms with E-state index in [9.17, 15) is 17.6 Å². The number of ether oxygens (including phenoxy) is 1. The zero-order valence-corrected chi connectivity index (χ0v) is 15.1. The maximum Gasteiger partial charge on any atom is 0.240 e. The van der Waals surface area contributed by atoms with Crippen LogP contribution in [0.4, 0.5) is 10.1 Å². The lowest BCUT2D eigenvalue weighted by molar-refractivity contribution is -0.116. The third kappa shape index (κ3) is 3.86. The van der Waals surface area contributed by atoms with Crippen molar-refractivity contribution < 1.29 is 22.3 Å². The van der Waals surface area contributed by atoms with Crippen LogP contribution >= 0.6 is 0 Å². The number of hydrogen-bond donors (Lipinski definition) is 1. The smallest absolute Gasteiger partial charge is 0.240 e. The molecule has 3 rings (SSSR count). The van der Waals surface area contributed by atoms with E-state index >= 15 is 0 Å². The number of carbonyl (C=O) groups is 1. The molecule has 1 heterocycles. The molecule has 0 fully saturated rings. The highest BCUT2D eigenvalue weighted by molar-refractivity contribution is 7.89. The van der Waals surface area contributed by atoms with Gasteiger partial charge in [0, 0.05) is 25.7 Å². The van der Waals surface area contributed by atoms with E-state index in [1.807, 2.05) is 0 Å². The van der Waals surface area contributed by atoms with Gasteiger partial charge in [-0.3, -0.25) is 4.79 Å². The molecule has 2 aromatic rings. The number of anilines is 1. The van der Waals surface area contributed by atoms with Crippen molar-refractivity contribution >= 4 is 21.6 Å². The molecular formula is C18H19FN2O4S. The van der Waals surface area contributed by atoms with Gasteiger partial charge in [-0.05, 0) is 42.3 Å². The lowest BCUT2D eigenvalue weighted by Crippen LogP contribution is -2.28. The van der Waals surface area contributed by atoms with Gasteiger partial charge in [0.1, 0.15) is 6.61 Å². The number of sulfonamides is 1. The maximum atomic E-state index is 13.4. The number of halogens is 1. The van der Waals surface area contributed by atoms with Gasteiger partial charge in [0.25, 0.3) is 0 Å². The predicted octanol–water partition coefficient (Wildman–Crippen LogP) is 2.09. The summed E-state index contributed by atoms with van der Waals surface area (Å²) in [6, 6.07) is 10.6. The van der Waals surface area contributed by atoms with Crippen molar-refractivity contribution in [1.82, 2.24) is 4.72 Å². The van der Waals surface area contributed by atoms with Crippen LogP contribution in [0.25, 0.3) is 0 Å². The molecule has 6 nitrogen and oxygen atoms in total. The van der Waals surface area contributed by atoms with Crippen molar-refractivity contribution in [3.05, 3.63) is 53.8 Å². The predicted molar refractivity (Wildman–Crippen MR) is 95.3 cm³/mol. The van der Waals surface area contributed by atoms with Gasteiger partial charge in [-0.25, -0.2) is 17.5 Å². The fraction of sp³-hybridized carbons (Fsp3) is 0.278. The van der Waals surface area contributed by atoms with E-state index in [1.54, 1.807) is 29.2 Å². The van der Waals surface area contributed by atoms with Crippen LogP contribution in [-0.4, -0.2) is 34.0 Å². The molecule has 1 aliphatic heterocycles. The Morgan fingerprint density at radius 1 is 1.27 bits per heavy atom. The molecule has 0 unspecified atom stereocenters. The van der Waals surface area contributed by atoms with E-state index in [4.69, 9.17) is 4.74 Å². The molecule has 0 radical (unpaired) electrons. The third-order valence-corrected chi connectivity index (χ3v) is 5.58. The molecule has 1 amide bonds. The molecule has 0 aliphatic carbocycles. The zero-order chi connectivity index (χ0) is 18.7. The summed E-state index contributed by atoms with van der Waals surface area (Å²) in [7, 11) is -3.71. The number of fused-ring (bicyclic) bond motifs is 1. The van der Waals surface area contributed by atoms with Gasteiger partial charge in [0.2, 0.25) is 15.9 Å². The molecular weight excluding hydrogens is 359 g/mol. The summed E-state index contributed by atoms with van der Waals surface area (Å²) < 4.78 is 45.9. The number of amides is 1. The molecule has 1 aliphatic rings. The number of carbonyl (C=O) groups excluding carboxylic acids is 1. The molecule has 0 saturated heterocycles. The minimum atomic E-state index is -3.71. The first-order chi connectivity index (χ1) is 12.4. The highest BCUT2D eigenvalue weighted by Gasteiger charge is 2.24. The lowest BCUT2D eigenvalue weighted by atomic mass is 10.2. The summed E-state index contributed by atoms with van der Waals surface area (Å²) in [6.45, 7) is 2.05. The van der Waals surface area contributed by atoms with Crippen molar-refractivity contribution in [2.75, 3.05) is 24.6 Å². The molecule has 0 saturated carbocycles. The number of rotatable bonds is 6. The van der Waals surface area contributed by atoms with Crippen LogP contribution in [0.3, 0.4) is 0 Å². The molecule has 0 atom stereocenters. The first kappa shape index (κ1) is 18.3. The Balaban J connectivity index is 1.62. The molecule has 2 aromatic carbocycles. The number of nitrogens with one attached hydrogen (secondary N) is 1. The van der Waals surface area contributed by atoms with Gasteiger partial charge >= 0.3 is 0 Å². The van der Waals surface area contributed by atoms with Crippen LogP contribution in [0.2, 0.25) is 0 Å². The fourth-order valence-electron chi connectivity index (χ4n) is 2.85. The minimum Gasteiger partial charge on any atom is -0.489 e. The minimum absolute atomic E-state index is 0.00319. The lowest BCUT2D eigenvalue weighted by Gasteiger charge is -2.15. The van der Waals surface area contributed by atoms with Crippen molar-refractivity contribution in [3.63, 3.8) is 0 Å². The van der Waals surface area contributed by atoms with Crippen molar-refractivity contribution in [2.45, 2.75) is 18.2 Å². The average molecular weight is 378 g/mol. The normalized spacial score (nSPS) is 13.5. The van der Waals surface area contributed by atoms with Crippen LogP contribution in [0, 0.1) is 5.82 Å². The fourth-order valence-corrected chi connectivity index (χ4v) is 3.92. The highest BCUT2D eigenvalue weighted by Crippen LogP contribution is 2.30. The Labute approximate surface area is 151 Å². The highest BCUT2D eigenvalue weighted by atomic mass is 32.2. The Bertz CT molecular complexity index is 931. The van der Waals surface area contributed by atoms with E-state index in [0.717, 1.165) is 11.3 Å². The van der Waals surface area contributed by atoms with Crippen LogP contribution in [0.15, 0.2) is 47.4 Å². The molecule has 138 valence electrons. The van der Waals surface area contributed by atoms with Crippen LogP contribution < -0.4 is 14.4 Å². The number of benzene rings is 2. The van der Waals surface area contributed by atoms with Crippen LogP contribution in [0.5, 0.6) is 5.75 Å². The van der Waals surface area contributed by atoms with E-state index in [0.29, 0.717) is 13.0 Å². The Kier molecular flexibility index (Phi) is 5.24. The Morgan fingerprint density at radius 3 is 2.77 bits per heavy atom. The molecule has 1 N–H and O–H groups in total. The first-order valence-corrected chi connectivity index (χ1v) is 9.65. The summed E-state index contributed by atoms with van der Waals surface area (Å²) in [6.07, 6.45) is 0.620. The summed E-state index contributed by atoms with van der Waals surface area (Å²) in [4.78, 5) is 13.3. The second-order valence-corrected chi connectivity index (χ2v) is 7.65. The number of hydrogen-bond acceptors (Lipinski definition) is 4. The van der Waals surface area contributed by atoms with Crippen molar-refractivity contribution in [2.24, 2.45) is 0 Å². The van der Waals surface area contributed by atoms with E-state index in [2.05, 4.69) is 4.72 Å². The number of nitrogens with zero attached hydrogens (tertiary/aromatic N) is 1. The second-order valence-electron chi connectivity index (χ2n) is 5.89. The molecule has 8 heteroatoms. The number of para-hydroxylation sites is 1. The largest absolute Gasteiger partial charge is 0.489 e. The maximum absolute atomic E-state index is 13.4. The summed E-state index contributed by atoms with van der Waals surface area (Å²) >= 11 is 0. The van der Waals surface area contributed by atoms with E-state index in [-0.39, 0.29) is 29.7 Å². The summed E-state index contributed by atoms with van der Waals surface area (Å²) in [5.74, 6) is -0.486. The quantitative estimate of drug-likeness (QED) is 0.781. The van der Waals surface area contributed by atoms with Gasteiger partial charge < -0.3 is 9.64 Å². The summed E-state index contributed by atoms with van der Waals surface area (Å²) in [5.41, 5.74) is 1.57. The average Bonchev–Trinajstić information content (AvgIpc) is 3.03. The van der Waals surface area contributed by atoms with Gasteiger partial charge in [0.15, 0.2) is 11.6 Å². The topological polar surface area (TPSA) is 75.7 Å².